The zero-order valence-corrected chi connectivity index (χ0v) is 19.7. The number of hydrogen-bond acceptors (Lipinski definition) is 6. The van der Waals surface area contributed by atoms with E-state index < -0.39 is 12.0 Å². The molecular weight excluding hydrogens is 424 g/mol. The number of thiazole rings is 1. The summed E-state index contributed by atoms with van der Waals surface area (Å²) < 4.78 is 13.0. The number of aromatic nitrogens is 1. The fourth-order valence-electron chi connectivity index (χ4n) is 3.83. The maximum atomic E-state index is 13.5. The molecular formula is C25H26N2O4S. The summed E-state index contributed by atoms with van der Waals surface area (Å²) in [4.78, 5) is 31.5. The van der Waals surface area contributed by atoms with Crippen LogP contribution in [0.4, 0.5) is 0 Å². The number of hydrogen-bond donors (Lipinski definition) is 0. The van der Waals surface area contributed by atoms with Gasteiger partial charge in [0.15, 0.2) is 4.80 Å². The SMILES string of the molecule is CCOC(=O)C1=C(C)N=c2s/c(=C\c3ccc(C)o3)c(=O)n2[C@H]1c1ccc(C(C)C)cc1. The Bertz CT molecular complexity index is 1370. The van der Waals surface area contributed by atoms with Crippen LogP contribution in [0.1, 0.15) is 62.3 Å². The van der Waals surface area contributed by atoms with E-state index in [0.29, 0.717) is 32.3 Å². The van der Waals surface area contributed by atoms with Crippen molar-refractivity contribution in [3.8, 4) is 0 Å². The minimum Gasteiger partial charge on any atom is -0.463 e. The molecule has 0 bridgehead atoms. The number of furan rings is 1. The lowest BCUT2D eigenvalue weighted by Crippen LogP contribution is -2.39. The Hall–Kier alpha value is -3.19. The van der Waals surface area contributed by atoms with Crippen LogP contribution < -0.4 is 14.9 Å². The number of rotatable bonds is 5. The predicted octanol–water partition coefficient (Wildman–Crippen LogP) is 3.82. The van der Waals surface area contributed by atoms with Crippen LogP contribution in [0.15, 0.2) is 61.9 Å². The van der Waals surface area contributed by atoms with Gasteiger partial charge in [0.05, 0.1) is 28.5 Å². The molecule has 0 fully saturated rings. The molecule has 166 valence electrons. The standard InChI is InChI=1S/C25H26N2O4S/c1-6-30-24(29)21-16(5)26-25-27(22(21)18-10-8-17(9-11-18)14(2)3)23(28)20(32-25)13-19-12-7-15(4)31-19/h7-14,22H,6H2,1-5H3/b20-13-/t22-/m0/s1. The molecule has 0 saturated heterocycles. The van der Waals surface area contributed by atoms with Crippen molar-refractivity contribution in [3.05, 3.63) is 90.0 Å². The van der Waals surface area contributed by atoms with E-state index in [4.69, 9.17) is 9.15 Å². The van der Waals surface area contributed by atoms with E-state index in [1.54, 1.807) is 24.5 Å². The lowest BCUT2D eigenvalue weighted by molar-refractivity contribution is -0.139. The highest BCUT2D eigenvalue weighted by molar-refractivity contribution is 7.07. The van der Waals surface area contributed by atoms with Crippen molar-refractivity contribution in [2.75, 3.05) is 6.61 Å². The summed E-state index contributed by atoms with van der Waals surface area (Å²) in [6.07, 6.45) is 1.72. The second-order valence-electron chi connectivity index (χ2n) is 8.07. The highest BCUT2D eigenvalue weighted by Gasteiger charge is 2.33. The predicted molar refractivity (Wildman–Crippen MR) is 124 cm³/mol. The molecule has 0 spiro atoms. The second kappa shape index (κ2) is 8.74. The first-order chi connectivity index (χ1) is 15.3. The molecule has 1 aromatic carbocycles. The highest BCUT2D eigenvalue weighted by Crippen LogP contribution is 2.31. The number of carbonyl (C=O) groups excluding carboxylic acids is 1. The van der Waals surface area contributed by atoms with Gasteiger partial charge in [-0.25, -0.2) is 9.79 Å². The second-order valence-corrected chi connectivity index (χ2v) is 9.08. The zero-order chi connectivity index (χ0) is 23.0. The van der Waals surface area contributed by atoms with Gasteiger partial charge < -0.3 is 9.15 Å². The molecule has 1 aliphatic rings. The molecule has 4 rings (SSSR count). The molecule has 0 N–H and O–H groups in total. The van der Waals surface area contributed by atoms with Crippen molar-refractivity contribution in [3.63, 3.8) is 0 Å². The van der Waals surface area contributed by atoms with Gasteiger partial charge in [0.1, 0.15) is 11.5 Å². The van der Waals surface area contributed by atoms with Crippen molar-refractivity contribution >= 4 is 23.4 Å². The molecule has 1 atom stereocenters. The van der Waals surface area contributed by atoms with Gasteiger partial charge in [-0.1, -0.05) is 49.4 Å². The van der Waals surface area contributed by atoms with E-state index in [9.17, 15) is 9.59 Å². The smallest absolute Gasteiger partial charge is 0.338 e. The van der Waals surface area contributed by atoms with Crippen LogP contribution in [-0.4, -0.2) is 17.1 Å². The van der Waals surface area contributed by atoms with Crippen LogP contribution >= 0.6 is 11.3 Å². The zero-order valence-electron chi connectivity index (χ0n) is 18.8. The number of allylic oxidation sites excluding steroid dienone is 1. The summed E-state index contributed by atoms with van der Waals surface area (Å²) in [7, 11) is 0. The van der Waals surface area contributed by atoms with Gasteiger partial charge in [0.25, 0.3) is 5.56 Å². The number of aryl methyl sites for hydroxylation is 1. The van der Waals surface area contributed by atoms with E-state index in [2.05, 4.69) is 18.8 Å². The monoisotopic (exact) mass is 450 g/mol. The summed E-state index contributed by atoms with van der Waals surface area (Å²) >= 11 is 1.29. The number of ether oxygens (including phenoxy) is 1. The topological polar surface area (TPSA) is 73.8 Å². The van der Waals surface area contributed by atoms with Gasteiger partial charge in [-0.05, 0) is 49.9 Å². The van der Waals surface area contributed by atoms with Crippen LogP contribution in [0, 0.1) is 6.92 Å². The third-order valence-electron chi connectivity index (χ3n) is 5.47. The van der Waals surface area contributed by atoms with Crippen LogP contribution in [0.25, 0.3) is 6.08 Å². The summed E-state index contributed by atoms with van der Waals surface area (Å²) in [6.45, 7) is 9.91. The lowest BCUT2D eigenvalue weighted by atomic mass is 9.93. The molecule has 0 radical (unpaired) electrons. The van der Waals surface area contributed by atoms with E-state index in [1.165, 1.54) is 16.9 Å². The lowest BCUT2D eigenvalue weighted by Gasteiger charge is -2.25. The van der Waals surface area contributed by atoms with Crippen molar-refractivity contribution in [1.82, 2.24) is 4.57 Å². The van der Waals surface area contributed by atoms with Gasteiger partial charge in [-0.2, -0.15) is 0 Å². The molecule has 3 heterocycles. The minimum atomic E-state index is -0.605. The van der Waals surface area contributed by atoms with Crippen molar-refractivity contribution in [1.29, 1.82) is 0 Å². The number of esters is 1. The van der Waals surface area contributed by atoms with E-state index in [0.717, 1.165) is 11.3 Å². The number of nitrogens with zero attached hydrogens (tertiary/aromatic N) is 2. The van der Waals surface area contributed by atoms with E-state index >= 15 is 0 Å². The van der Waals surface area contributed by atoms with Gasteiger partial charge in [0, 0.05) is 6.08 Å². The van der Waals surface area contributed by atoms with Gasteiger partial charge in [0.2, 0.25) is 0 Å². The van der Waals surface area contributed by atoms with Crippen LogP contribution in [0.3, 0.4) is 0 Å². The van der Waals surface area contributed by atoms with Gasteiger partial charge in [-0.3, -0.25) is 9.36 Å². The number of fused-ring (bicyclic) bond motifs is 1. The third-order valence-corrected chi connectivity index (χ3v) is 6.45. The molecule has 0 unspecified atom stereocenters. The number of benzene rings is 1. The normalized spacial score (nSPS) is 16.3. The Morgan fingerprint density at radius 1 is 1.22 bits per heavy atom. The minimum absolute atomic E-state index is 0.213. The Kier molecular flexibility index (Phi) is 6.02. The highest BCUT2D eigenvalue weighted by atomic mass is 32.1. The molecule has 32 heavy (non-hydrogen) atoms. The Morgan fingerprint density at radius 3 is 2.53 bits per heavy atom. The molecule has 0 saturated carbocycles. The molecule has 7 heteroatoms. The maximum Gasteiger partial charge on any atom is 0.338 e. The average molecular weight is 451 g/mol. The van der Waals surface area contributed by atoms with Crippen LogP contribution in [0.5, 0.6) is 0 Å². The molecule has 0 aliphatic carbocycles. The van der Waals surface area contributed by atoms with Crippen molar-refractivity contribution in [2.24, 2.45) is 4.99 Å². The largest absolute Gasteiger partial charge is 0.463 e. The Labute approximate surface area is 190 Å². The third kappa shape index (κ3) is 4.00. The molecule has 2 aromatic heterocycles. The van der Waals surface area contributed by atoms with Crippen molar-refractivity contribution < 1.29 is 13.9 Å². The maximum absolute atomic E-state index is 13.5. The first kappa shape index (κ1) is 22.0. The fraction of sp³-hybridized carbons (Fsp3) is 0.320. The van der Waals surface area contributed by atoms with Gasteiger partial charge >= 0.3 is 5.97 Å². The summed E-state index contributed by atoms with van der Waals surface area (Å²) in [6, 6.07) is 11.1. The van der Waals surface area contributed by atoms with Gasteiger partial charge in [-0.15, -0.1) is 0 Å². The summed E-state index contributed by atoms with van der Waals surface area (Å²) in [5.41, 5.74) is 2.76. The fourth-order valence-corrected chi connectivity index (χ4v) is 4.86. The molecule has 3 aromatic rings. The molecule has 1 aliphatic heterocycles. The summed E-state index contributed by atoms with van der Waals surface area (Å²) in [5, 5.41) is 0. The molecule has 6 nitrogen and oxygen atoms in total. The molecule has 0 amide bonds. The Morgan fingerprint density at radius 2 is 1.94 bits per heavy atom. The Balaban J connectivity index is 1.93. The van der Waals surface area contributed by atoms with E-state index in [-0.39, 0.29) is 12.2 Å². The van der Waals surface area contributed by atoms with Crippen molar-refractivity contribution in [2.45, 2.75) is 46.6 Å². The first-order valence-electron chi connectivity index (χ1n) is 10.7. The quantitative estimate of drug-likeness (QED) is 0.554. The van der Waals surface area contributed by atoms with Crippen LogP contribution in [-0.2, 0) is 9.53 Å². The average Bonchev–Trinajstić information content (AvgIpc) is 3.30. The number of carbonyl (C=O) groups is 1. The summed E-state index contributed by atoms with van der Waals surface area (Å²) in [5.74, 6) is 1.30. The van der Waals surface area contributed by atoms with Crippen LogP contribution in [0.2, 0.25) is 0 Å². The van der Waals surface area contributed by atoms with E-state index in [1.807, 2.05) is 43.3 Å². The first-order valence-corrected chi connectivity index (χ1v) is 11.5.